The maximum absolute atomic E-state index is 14.6. The standard InChI is InChI=1S/C18H31BrFNO2SSi/c1-17(2,3)25(6,7)23-16(10-11-18(4,5)24(21)22)14-9-8-13(19)12-15(14)20/h8-9,12,16H,10-11,21H2,1-7H3. The topological polar surface area (TPSA) is 58.3 Å². The van der Waals surface area contributed by atoms with Gasteiger partial charge in [-0.1, -0.05) is 42.8 Å². The molecule has 0 heterocycles. The van der Waals surface area contributed by atoms with Crippen LogP contribution in [0.3, 0.4) is 0 Å². The van der Waals surface area contributed by atoms with Crippen LogP contribution in [0.4, 0.5) is 4.39 Å². The third kappa shape index (κ3) is 6.32. The van der Waals surface area contributed by atoms with Gasteiger partial charge in [-0.05, 0) is 50.5 Å². The Morgan fingerprint density at radius 1 is 1.28 bits per heavy atom. The summed E-state index contributed by atoms with van der Waals surface area (Å²) in [6, 6.07) is 5.06. The molecule has 0 saturated heterocycles. The normalized spacial score (nSPS) is 16.0. The largest absolute Gasteiger partial charge is 0.598 e. The zero-order valence-corrected chi connectivity index (χ0v) is 19.7. The molecule has 0 aromatic heterocycles. The molecule has 0 fully saturated rings. The van der Waals surface area contributed by atoms with Gasteiger partial charge in [-0.2, -0.15) is 5.14 Å². The maximum atomic E-state index is 14.6. The molecule has 1 rings (SSSR count). The molecule has 2 atom stereocenters. The first-order valence-electron chi connectivity index (χ1n) is 8.46. The van der Waals surface area contributed by atoms with Gasteiger partial charge in [-0.3, -0.25) is 0 Å². The van der Waals surface area contributed by atoms with Crippen molar-refractivity contribution in [2.75, 3.05) is 0 Å². The maximum Gasteiger partial charge on any atom is 0.192 e. The Labute approximate surface area is 164 Å². The molecule has 7 heteroatoms. The fraction of sp³-hybridized carbons (Fsp3) is 0.667. The number of hydrogen-bond acceptors (Lipinski definition) is 3. The van der Waals surface area contributed by atoms with Crippen LogP contribution in [-0.4, -0.2) is 17.6 Å². The molecule has 0 bridgehead atoms. The van der Waals surface area contributed by atoms with E-state index in [2.05, 4.69) is 49.8 Å². The molecule has 25 heavy (non-hydrogen) atoms. The van der Waals surface area contributed by atoms with Gasteiger partial charge in [-0.25, -0.2) is 4.39 Å². The average molecular weight is 453 g/mol. The van der Waals surface area contributed by atoms with Gasteiger partial charge in [0.05, 0.1) is 6.10 Å². The molecule has 2 unspecified atom stereocenters. The quantitative estimate of drug-likeness (QED) is 0.418. The van der Waals surface area contributed by atoms with E-state index >= 15 is 0 Å². The monoisotopic (exact) mass is 451 g/mol. The Balaban J connectivity index is 3.14. The van der Waals surface area contributed by atoms with E-state index in [0.29, 0.717) is 22.9 Å². The lowest BCUT2D eigenvalue weighted by Crippen LogP contribution is -2.43. The molecule has 0 amide bonds. The van der Waals surface area contributed by atoms with Gasteiger partial charge in [0.25, 0.3) is 0 Å². The second-order valence-corrected chi connectivity index (χ2v) is 16.0. The van der Waals surface area contributed by atoms with Crippen LogP contribution in [-0.2, 0) is 15.8 Å². The fourth-order valence-corrected chi connectivity index (χ4v) is 4.11. The van der Waals surface area contributed by atoms with Crippen molar-refractivity contribution in [1.82, 2.24) is 0 Å². The minimum absolute atomic E-state index is 0.0172. The number of halogens is 2. The summed E-state index contributed by atoms with van der Waals surface area (Å²) >= 11 is 1.86. The molecule has 0 aliphatic rings. The van der Waals surface area contributed by atoms with Crippen molar-refractivity contribution in [3.8, 4) is 0 Å². The summed E-state index contributed by atoms with van der Waals surface area (Å²) in [5.41, 5.74) is 0.548. The first-order chi connectivity index (χ1) is 11.2. The van der Waals surface area contributed by atoms with Crippen LogP contribution in [0.1, 0.15) is 59.1 Å². The van der Waals surface area contributed by atoms with E-state index in [4.69, 9.17) is 9.56 Å². The third-order valence-corrected chi connectivity index (χ3v) is 11.4. The van der Waals surface area contributed by atoms with Gasteiger partial charge in [0.15, 0.2) is 8.32 Å². The Bertz CT molecular complexity index is 591. The Hall–Kier alpha value is 0.0769. The lowest BCUT2D eigenvalue weighted by molar-refractivity contribution is 0.163. The van der Waals surface area contributed by atoms with E-state index in [1.807, 2.05) is 19.9 Å². The smallest absolute Gasteiger partial charge is 0.192 e. The van der Waals surface area contributed by atoms with E-state index in [1.54, 1.807) is 6.07 Å². The first-order valence-corrected chi connectivity index (χ1v) is 13.4. The van der Waals surface area contributed by atoms with Crippen LogP contribution in [0.25, 0.3) is 0 Å². The Morgan fingerprint density at radius 2 is 1.84 bits per heavy atom. The summed E-state index contributed by atoms with van der Waals surface area (Å²) in [4.78, 5) is 0. The fourth-order valence-electron chi connectivity index (χ4n) is 2.15. The van der Waals surface area contributed by atoms with E-state index in [-0.39, 0.29) is 17.0 Å². The summed E-state index contributed by atoms with van der Waals surface area (Å²) in [6.07, 6.45) is 0.781. The summed E-state index contributed by atoms with van der Waals surface area (Å²) in [5, 5.41) is 5.62. The molecule has 3 nitrogen and oxygen atoms in total. The van der Waals surface area contributed by atoms with E-state index in [9.17, 15) is 8.94 Å². The number of benzene rings is 1. The molecule has 2 N–H and O–H groups in total. The molecule has 0 saturated carbocycles. The predicted octanol–water partition coefficient (Wildman–Crippen LogP) is 5.83. The van der Waals surface area contributed by atoms with Crippen LogP contribution in [0.2, 0.25) is 18.1 Å². The van der Waals surface area contributed by atoms with Gasteiger partial charge in [0.2, 0.25) is 0 Å². The zero-order valence-electron chi connectivity index (χ0n) is 16.3. The molecular weight excluding hydrogens is 421 g/mol. The van der Waals surface area contributed by atoms with Gasteiger partial charge >= 0.3 is 0 Å². The van der Waals surface area contributed by atoms with E-state index in [1.165, 1.54) is 6.07 Å². The van der Waals surface area contributed by atoms with Crippen LogP contribution < -0.4 is 5.14 Å². The lowest BCUT2D eigenvalue weighted by atomic mass is 9.99. The van der Waals surface area contributed by atoms with Crippen molar-refractivity contribution in [1.29, 1.82) is 0 Å². The van der Waals surface area contributed by atoms with Crippen LogP contribution >= 0.6 is 15.9 Å². The van der Waals surface area contributed by atoms with Crippen molar-refractivity contribution in [2.24, 2.45) is 5.14 Å². The summed E-state index contributed by atoms with van der Waals surface area (Å²) in [5.74, 6) is -0.287. The van der Waals surface area contributed by atoms with Crippen LogP contribution in [0.5, 0.6) is 0 Å². The van der Waals surface area contributed by atoms with Crippen molar-refractivity contribution in [3.63, 3.8) is 0 Å². The first kappa shape index (κ1) is 23.1. The highest BCUT2D eigenvalue weighted by molar-refractivity contribution is 9.10. The van der Waals surface area contributed by atoms with E-state index in [0.717, 1.165) is 0 Å². The highest BCUT2D eigenvalue weighted by Gasteiger charge is 2.41. The van der Waals surface area contributed by atoms with Gasteiger partial charge in [-0.15, -0.1) is 0 Å². The molecular formula is C18H31BrFNO2SSi. The minimum Gasteiger partial charge on any atom is -0.598 e. The van der Waals surface area contributed by atoms with Gasteiger partial charge in [0, 0.05) is 27.8 Å². The molecule has 0 aliphatic carbocycles. The van der Waals surface area contributed by atoms with Crippen molar-refractivity contribution in [3.05, 3.63) is 34.1 Å². The van der Waals surface area contributed by atoms with Gasteiger partial charge < -0.3 is 8.98 Å². The predicted molar refractivity (Wildman–Crippen MR) is 111 cm³/mol. The highest BCUT2D eigenvalue weighted by atomic mass is 79.9. The zero-order chi connectivity index (χ0) is 19.6. The Kier molecular flexibility index (Phi) is 7.76. The SMILES string of the molecule is CC(C)(CCC(O[Si](C)(C)C(C)(C)C)c1ccc(Br)cc1F)[S+](N)[O-]. The van der Waals surface area contributed by atoms with Crippen molar-refractivity contribution < 1.29 is 13.4 Å². The lowest BCUT2D eigenvalue weighted by Gasteiger charge is -2.40. The summed E-state index contributed by atoms with van der Waals surface area (Å²) in [6.45, 7) is 14.5. The van der Waals surface area contributed by atoms with Gasteiger partial charge in [0.1, 0.15) is 10.6 Å². The van der Waals surface area contributed by atoms with Crippen molar-refractivity contribution >= 4 is 35.6 Å². The number of hydrogen-bond donors (Lipinski definition) is 1. The molecule has 1 aromatic carbocycles. The highest BCUT2D eigenvalue weighted by Crippen LogP contribution is 2.42. The number of nitrogens with two attached hydrogens (primary N) is 1. The molecule has 0 radical (unpaired) electrons. The van der Waals surface area contributed by atoms with Crippen molar-refractivity contribution in [2.45, 2.75) is 76.4 Å². The summed E-state index contributed by atoms with van der Waals surface area (Å²) in [7, 11) is -2.10. The second-order valence-electron chi connectivity index (χ2n) is 8.63. The minimum atomic E-state index is -2.10. The summed E-state index contributed by atoms with van der Waals surface area (Å²) < 4.78 is 33.0. The third-order valence-electron chi connectivity index (χ3n) is 5.11. The molecule has 144 valence electrons. The number of rotatable bonds is 7. The molecule has 0 spiro atoms. The molecule has 0 aliphatic heterocycles. The van der Waals surface area contributed by atoms with Crippen LogP contribution in [0.15, 0.2) is 22.7 Å². The van der Waals surface area contributed by atoms with E-state index < -0.39 is 24.4 Å². The van der Waals surface area contributed by atoms with Crippen LogP contribution in [0, 0.1) is 5.82 Å². The average Bonchev–Trinajstić information content (AvgIpc) is 2.42. The second kappa shape index (κ2) is 8.40. The molecule has 1 aromatic rings. The Morgan fingerprint density at radius 3 is 2.28 bits per heavy atom.